The number of imidazole rings is 1. The molecule has 1 amide bonds. The van der Waals surface area contributed by atoms with Gasteiger partial charge < -0.3 is 15.2 Å². The van der Waals surface area contributed by atoms with E-state index in [4.69, 9.17) is 11.6 Å². The van der Waals surface area contributed by atoms with Gasteiger partial charge in [-0.25, -0.2) is 4.98 Å². The van der Waals surface area contributed by atoms with Gasteiger partial charge in [0.2, 0.25) is 5.91 Å². The van der Waals surface area contributed by atoms with Crippen LogP contribution in [0.15, 0.2) is 0 Å². The number of hydrogen-bond acceptors (Lipinski definition) is 3. The molecule has 6 heteroatoms. The largest absolute Gasteiger partial charge is 0.344 e. The van der Waals surface area contributed by atoms with Crippen LogP contribution in [0.3, 0.4) is 0 Å². The van der Waals surface area contributed by atoms with E-state index in [1.165, 1.54) is 0 Å². The topological polar surface area (TPSA) is 61.0 Å². The standard InChI is InChI=1S/C13H21ClN4O/c1-3-4-5-11-16-10(12(14)17-11)8-15-9-6-7-18(2)13(9)19/h9,15H,3-8H2,1-2H3,(H,16,17). The second-order valence-corrected chi connectivity index (χ2v) is 5.40. The van der Waals surface area contributed by atoms with Crippen molar-refractivity contribution in [3.63, 3.8) is 0 Å². The Bertz CT molecular complexity index is 446. The number of nitrogens with zero attached hydrogens (tertiary/aromatic N) is 2. The monoisotopic (exact) mass is 284 g/mol. The van der Waals surface area contributed by atoms with Gasteiger partial charge >= 0.3 is 0 Å². The van der Waals surface area contributed by atoms with Crippen LogP contribution < -0.4 is 5.32 Å². The molecule has 1 aromatic rings. The van der Waals surface area contributed by atoms with E-state index in [-0.39, 0.29) is 11.9 Å². The van der Waals surface area contributed by atoms with E-state index in [2.05, 4.69) is 22.2 Å². The van der Waals surface area contributed by atoms with Gasteiger partial charge in [0.1, 0.15) is 5.82 Å². The summed E-state index contributed by atoms with van der Waals surface area (Å²) in [5, 5.41) is 3.75. The first kappa shape index (κ1) is 14.3. The summed E-state index contributed by atoms with van der Waals surface area (Å²) in [7, 11) is 1.83. The highest BCUT2D eigenvalue weighted by atomic mass is 35.5. The van der Waals surface area contributed by atoms with Gasteiger partial charge in [0.25, 0.3) is 0 Å². The minimum absolute atomic E-state index is 0.0940. The first-order valence-corrected chi connectivity index (χ1v) is 7.21. The highest BCUT2D eigenvalue weighted by Gasteiger charge is 2.28. The number of rotatable bonds is 6. The minimum atomic E-state index is -0.0940. The Morgan fingerprint density at radius 3 is 3.00 bits per heavy atom. The molecule has 1 aliphatic heterocycles. The zero-order chi connectivity index (χ0) is 13.8. The Kier molecular flexibility index (Phi) is 4.82. The average Bonchev–Trinajstić information content (AvgIpc) is 2.90. The molecule has 0 radical (unpaired) electrons. The first-order valence-electron chi connectivity index (χ1n) is 6.83. The van der Waals surface area contributed by atoms with Gasteiger partial charge in [-0.05, 0) is 12.8 Å². The number of likely N-dealkylation sites (tertiary alicyclic amines) is 1. The zero-order valence-electron chi connectivity index (χ0n) is 11.5. The third-order valence-corrected chi connectivity index (χ3v) is 3.81. The number of amides is 1. The van der Waals surface area contributed by atoms with Crippen molar-refractivity contribution in [1.29, 1.82) is 0 Å². The average molecular weight is 285 g/mol. The Morgan fingerprint density at radius 1 is 1.58 bits per heavy atom. The number of hydrogen-bond donors (Lipinski definition) is 2. The Balaban J connectivity index is 1.89. The maximum Gasteiger partial charge on any atom is 0.239 e. The van der Waals surface area contributed by atoms with Gasteiger partial charge in [-0.1, -0.05) is 24.9 Å². The van der Waals surface area contributed by atoms with Crippen molar-refractivity contribution in [1.82, 2.24) is 20.2 Å². The van der Waals surface area contributed by atoms with Gasteiger partial charge in [-0.2, -0.15) is 0 Å². The van der Waals surface area contributed by atoms with Crippen LogP contribution in [0.2, 0.25) is 5.15 Å². The predicted molar refractivity (Wildman–Crippen MR) is 75.1 cm³/mol. The normalized spacial score (nSPS) is 19.4. The molecule has 19 heavy (non-hydrogen) atoms. The summed E-state index contributed by atoms with van der Waals surface area (Å²) in [4.78, 5) is 21.0. The fourth-order valence-electron chi connectivity index (χ4n) is 2.26. The second-order valence-electron chi connectivity index (χ2n) is 5.04. The van der Waals surface area contributed by atoms with Crippen LogP contribution in [-0.2, 0) is 17.8 Å². The van der Waals surface area contributed by atoms with E-state index < -0.39 is 0 Å². The van der Waals surface area contributed by atoms with Crippen molar-refractivity contribution in [3.8, 4) is 0 Å². The van der Waals surface area contributed by atoms with Crippen molar-refractivity contribution in [3.05, 3.63) is 16.7 Å². The molecule has 106 valence electrons. The van der Waals surface area contributed by atoms with Crippen LogP contribution >= 0.6 is 11.6 Å². The molecule has 0 aliphatic carbocycles. The number of carbonyl (C=O) groups is 1. The molecule has 0 spiro atoms. The van der Waals surface area contributed by atoms with E-state index in [1.54, 1.807) is 4.90 Å². The number of halogens is 1. The predicted octanol–water partition coefficient (Wildman–Crippen LogP) is 1.73. The third kappa shape index (κ3) is 3.48. The second kappa shape index (κ2) is 6.39. The lowest BCUT2D eigenvalue weighted by Gasteiger charge is -2.11. The fraction of sp³-hybridized carbons (Fsp3) is 0.692. The minimum Gasteiger partial charge on any atom is -0.344 e. The fourth-order valence-corrected chi connectivity index (χ4v) is 2.47. The maximum atomic E-state index is 11.8. The summed E-state index contributed by atoms with van der Waals surface area (Å²) >= 11 is 6.10. The van der Waals surface area contributed by atoms with Crippen molar-refractivity contribution in [2.75, 3.05) is 13.6 Å². The number of H-pyrrole nitrogens is 1. The van der Waals surface area contributed by atoms with Gasteiger partial charge in [-0.3, -0.25) is 4.79 Å². The summed E-state index contributed by atoms with van der Waals surface area (Å²) in [6.07, 6.45) is 4.00. The van der Waals surface area contributed by atoms with Crippen molar-refractivity contribution >= 4 is 17.5 Å². The van der Waals surface area contributed by atoms with Crippen LogP contribution in [0.25, 0.3) is 0 Å². The Hall–Kier alpha value is -1.07. The molecule has 0 saturated carbocycles. The summed E-state index contributed by atoms with van der Waals surface area (Å²) in [5.41, 5.74) is 0.870. The molecule has 5 nitrogen and oxygen atoms in total. The van der Waals surface area contributed by atoms with E-state index in [0.717, 1.165) is 43.7 Å². The number of aromatic nitrogens is 2. The summed E-state index contributed by atoms with van der Waals surface area (Å²) in [5.74, 6) is 1.08. The van der Waals surface area contributed by atoms with Crippen LogP contribution in [0, 0.1) is 0 Å². The molecule has 1 aromatic heterocycles. The molecule has 0 aromatic carbocycles. The number of aromatic amines is 1. The number of unbranched alkanes of at least 4 members (excludes halogenated alkanes) is 1. The quantitative estimate of drug-likeness (QED) is 0.836. The van der Waals surface area contributed by atoms with Crippen molar-refractivity contribution in [2.24, 2.45) is 0 Å². The first-order chi connectivity index (χ1) is 9.11. The molecule has 1 aliphatic rings. The summed E-state index contributed by atoms with van der Waals surface area (Å²) < 4.78 is 0. The number of likely N-dealkylation sites (N-methyl/N-ethyl adjacent to an activating group) is 1. The molecule has 1 fully saturated rings. The summed E-state index contributed by atoms with van der Waals surface area (Å²) in [6, 6.07) is -0.0940. The highest BCUT2D eigenvalue weighted by molar-refractivity contribution is 6.30. The van der Waals surface area contributed by atoms with Crippen LogP contribution in [0.5, 0.6) is 0 Å². The van der Waals surface area contributed by atoms with E-state index in [0.29, 0.717) is 11.7 Å². The van der Waals surface area contributed by atoms with Gasteiger partial charge in [0.15, 0.2) is 5.15 Å². The van der Waals surface area contributed by atoms with Crippen LogP contribution in [0.1, 0.15) is 37.7 Å². The molecular formula is C13H21ClN4O. The van der Waals surface area contributed by atoms with E-state index in [1.807, 2.05) is 7.05 Å². The number of aryl methyl sites for hydroxylation is 1. The molecule has 1 atom stereocenters. The molecule has 1 saturated heterocycles. The van der Waals surface area contributed by atoms with Crippen molar-refractivity contribution < 1.29 is 4.79 Å². The Labute approximate surface area is 118 Å². The maximum absolute atomic E-state index is 11.8. The molecule has 2 N–H and O–H groups in total. The van der Waals surface area contributed by atoms with Crippen molar-refractivity contribution in [2.45, 2.75) is 45.2 Å². The lowest BCUT2D eigenvalue weighted by molar-refractivity contribution is -0.128. The van der Waals surface area contributed by atoms with Gasteiger partial charge in [0, 0.05) is 26.6 Å². The smallest absolute Gasteiger partial charge is 0.239 e. The highest BCUT2D eigenvalue weighted by Crippen LogP contribution is 2.15. The Morgan fingerprint density at radius 2 is 2.37 bits per heavy atom. The summed E-state index contributed by atoms with van der Waals surface area (Å²) in [6.45, 7) is 3.52. The molecule has 0 bridgehead atoms. The lowest BCUT2D eigenvalue weighted by atomic mass is 10.2. The van der Waals surface area contributed by atoms with Gasteiger partial charge in [-0.15, -0.1) is 0 Å². The molecular weight excluding hydrogens is 264 g/mol. The zero-order valence-corrected chi connectivity index (χ0v) is 12.3. The number of carbonyl (C=O) groups excluding carboxylic acids is 1. The van der Waals surface area contributed by atoms with E-state index in [9.17, 15) is 4.79 Å². The third-order valence-electron chi connectivity index (χ3n) is 3.50. The number of nitrogens with one attached hydrogen (secondary N) is 2. The lowest BCUT2D eigenvalue weighted by Crippen LogP contribution is -2.36. The molecule has 1 unspecified atom stereocenters. The SMILES string of the molecule is CCCCc1nc(Cl)c(CNC2CCN(C)C2=O)[nH]1. The van der Waals surface area contributed by atoms with E-state index >= 15 is 0 Å². The van der Waals surface area contributed by atoms with Crippen LogP contribution in [0.4, 0.5) is 0 Å². The van der Waals surface area contributed by atoms with Crippen LogP contribution in [-0.4, -0.2) is 40.4 Å². The van der Waals surface area contributed by atoms with Gasteiger partial charge in [0.05, 0.1) is 11.7 Å². The molecule has 2 rings (SSSR count). The molecule has 2 heterocycles.